The van der Waals surface area contributed by atoms with Gasteiger partial charge in [-0.25, -0.2) is 0 Å². The fraction of sp³-hybridized carbons (Fsp3) is 0.333. The molecule has 0 aliphatic carbocycles. The van der Waals surface area contributed by atoms with Gasteiger partial charge in [-0.05, 0) is 30.5 Å². The molecule has 2 heterocycles. The quantitative estimate of drug-likeness (QED) is 0.802. The zero-order valence-corrected chi connectivity index (χ0v) is 12.5. The van der Waals surface area contributed by atoms with E-state index >= 15 is 0 Å². The normalized spacial score (nSPS) is 27.4. The first-order valence-corrected chi connectivity index (χ1v) is 7.94. The fourth-order valence-electron chi connectivity index (χ4n) is 3.66. The van der Waals surface area contributed by atoms with Gasteiger partial charge in [0.15, 0.2) is 0 Å². The first-order chi connectivity index (χ1) is 10.3. The summed E-state index contributed by atoms with van der Waals surface area (Å²) >= 11 is 6.44. The van der Waals surface area contributed by atoms with Gasteiger partial charge in [-0.1, -0.05) is 48.0 Å². The molecular weight excluding hydrogens is 282 g/mol. The van der Waals surface area contributed by atoms with Gasteiger partial charge in [-0.3, -0.25) is 0 Å². The van der Waals surface area contributed by atoms with Gasteiger partial charge in [-0.15, -0.1) is 0 Å². The van der Waals surface area contributed by atoms with E-state index in [1.54, 1.807) is 0 Å². The maximum Gasteiger partial charge on any atom is 0.0910 e. The van der Waals surface area contributed by atoms with Crippen LogP contribution in [-0.4, -0.2) is 6.61 Å². The molecule has 1 fully saturated rings. The second kappa shape index (κ2) is 5.36. The third-order valence-electron chi connectivity index (χ3n) is 4.60. The van der Waals surface area contributed by atoms with Crippen molar-refractivity contribution in [1.82, 2.24) is 0 Å². The number of rotatable bonds is 1. The largest absolute Gasteiger partial charge is 0.377 e. The molecule has 1 saturated heterocycles. The predicted octanol–water partition coefficient (Wildman–Crippen LogP) is 4.97. The van der Waals surface area contributed by atoms with Gasteiger partial charge in [0.1, 0.15) is 0 Å². The van der Waals surface area contributed by atoms with Crippen molar-refractivity contribution < 1.29 is 4.74 Å². The van der Waals surface area contributed by atoms with E-state index < -0.39 is 0 Å². The van der Waals surface area contributed by atoms with Gasteiger partial charge in [0, 0.05) is 28.8 Å². The molecule has 0 saturated carbocycles. The summed E-state index contributed by atoms with van der Waals surface area (Å²) in [5.41, 5.74) is 3.57. The molecule has 2 aliphatic heterocycles. The van der Waals surface area contributed by atoms with Crippen LogP contribution in [0.15, 0.2) is 48.5 Å². The van der Waals surface area contributed by atoms with Crippen LogP contribution in [0.1, 0.15) is 36.1 Å². The molecule has 2 aromatic rings. The van der Waals surface area contributed by atoms with Crippen molar-refractivity contribution in [2.75, 3.05) is 11.9 Å². The molecule has 0 aromatic heterocycles. The lowest BCUT2D eigenvalue weighted by Crippen LogP contribution is -2.36. The highest BCUT2D eigenvalue weighted by Crippen LogP contribution is 2.50. The minimum atomic E-state index is 0.105. The standard InChI is InChI=1S/C18H18ClNO/c19-14-9-4-10-15-16(14)18-13(8-5-11-21-18)17(20-15)12-6-2-1-3-7-12/h1-4,6-7,9-10,13,17-18,20H,5,8,11H2/t13-,17+,18+/m0/s1. The van der Waals surface area contributed by atoms with Gasteiger partial charge in [-0.2, -0.15) is 0 Å². The number of ether oxygens (including phenoxy) is 1. The lowest BCUT2D eigenvalue weighted by Gasteiger charge is -2.43. The minimum Gasteiger partial charge on any atom is -0.377 e. The Balaban J connectivity index is 1.81. The van der Waals surface area contributed by atoms with Crippen LogP contribution in [0, 0.1) is 5.92 Å². The summed E-state index contributed by atoms with van der Waals surface area (Å²) in [4.78, 5) is 0. The predicted molar refractivity (Wildman–Crippen MR) is 85.7 cm³/mol. The van der Waals surface area contributed by atoms with Crippen LogP contribution in [0.3, 0.4) is 0 Å². The zero-order valence-electron chi connectivity index (χ0n) is 11.8. The Kier molecular flexibility index (Phi) is 3.36. The Morgan fingerprint density at radius 3 is 2.76 bits per heavy atom. The Hall–Kier alpha value is -1.51. The summed E-state index contributed by atoms with van der Waals surface area (Å²) in [5, 5.41) is 4.50. The van der Waals surface area contributed by atoms with Crippen molar-refractivity contribution in [2.24, 2.45) is 5.92 Å². The van der Waals surface area contributed by atoms with Crippen LogP contribution in [-0.2, 0) is 4.74 Å². The molecule has 0 amide bonds. The van der Waals surface area contributed by atoms with Crippen LogP contribution >= 0.6 is 11.6 Å². The first kappa shape index (κ1) is 13.2. The Bertz CT molecular complexity index is 643. The molecule has 0 unspecified atom stereocenters. The second-order valence-corrected chi connectivity index (χ2v) is 6.24. The zero-order chi connectivity index (χ0) is 14.2. The van der Waals surface area contributed by atoms with Crippen molar-refractivity contribution in [2.45, 2.75) is 25.0 Å². The summed E-state index contributed by atoms with van der Waals surface area (Å²) < 4.78 is 6.12. The van der Waals surface area contributed by atoms with Gasteiger partial charge < -0.3 is 10.1 Å². The summed E-state index contributed by atoms with van der Waals surface area (Å²) in [6.07, 6.45) is 2.39. The van der Waals surface area contributed by atoms with E-state index in [2.05, 4.69) is 41.7 Å². The first-order valence-electron chi connectivity index (χ1n) is 7.56. The average molecular weight is 300 g/mol. The van der Waals surface area contributed by atoms with Gasteiger partial charge in [0.05, 0.1) is 12.1 Å². The topological polar surface area (TPSA) is 21.3 Å². The van der Waals surface area contributed by atoms with Crippen molar-refractivity contribution >= 4 is 17.3 Å². The molecule has 0 radical (unpaired) electrons. The summed E-state index contributed by atoms with van der Waals surface area (Å²) in [6, 6.07) is 17.0. The SMILES string of the molecule is Clc1cccc2c1[C@@H]1OCCC[C@H]1[C@@H](c1ccccc1)N2. The highest BCUT2D eigenvalue weighted by Gasteiger charge is 2.40. The number of hydrogen-bond donors (Lipinski definition) is 1. The molecular formula is C18H18ClNO. The minimum absolute atomic E-state index is 0.105. The van der Waals surface area contributed by atoms with E-state index in [1.807, 2.05) is 12.1 Å². The molecule has 3 heteroatoms. The summed E-state index contributed by atoms with van der Waals surface area (Å²) in [5.74, 6) is 0.438. The Labute approximate surface area is 130 Å². The van der Waals surface area contributed by atoms with Crippen molar-refractivity contribution in [1.29, 1.82) is 0 Å². The van der Waals surface area contributed by atoms with Crippen LogP contribution < -0.4 is 5.32 Å². The maximum atomic E-state index is 6.44. The highest BCUT2D eigenvalue weighted by atomic mass is 35.5. The molecule has 2 nitrogen and oxygen atoms in total. The summed E-state index contributed by atoms with van der Waals surface area (Å²) in [7, 11) is 0. The third kappa shape index (κ3) is 2.23. The van der Waals surface area contributed by atoms with E-state index in [1.165, 1.54) is 12.0 Å². The molecule has 4 rings (SSSR count). The molecule has 2 aromatic carbocycles. The Morgan fingerprint density at radius 2 is 1.90 bits per heavy atom. The highest BCUT2D eigenvalue weighted by molar-refractivity contribution is 6.31. The fourth-order valence-corrected chi connectivity index (χ4v) is 3.94. The summed E-state index contributed by atoms with van der Waals surface area (Å²) in [6.45, 7) is 0.827. The number of anilines is 1. The molecule has 1 N–H and O–H groups in total. The molecule has 0 spiro atoms. The smallest absolute Gasteiger partial charge is 0.0910 e. The van der Waals surface area contributed by atoms with Crippen LogP contribution in [0.4, 0.5) is 5.69 Å². The maximum absolute atomic E-state index is 6.44. The molecule has 2 aliphatic rings. The van der Waals surface area contributed by atoms with Crippen molar-refractivity contribution in [3.8, 4) is 0 Å². The lowest BCUT2D eigenvalue weighted by atomic mass is 9.77. The van der Waals surface area contributed by atoms with Crippen molar-refractivity contribution in [3.63, 3.8) is 0 Å². The number of nitrogens with one attached hydrogen (secondary N) is 1. The van der Waals surface area contributed by atoms with Gasteiger partial charge >= 0.3 is 0 Å². The van der Waals surface area contributed by atoms with E-state index in [-0.39, 0.29) is 6.10 Å². The van der Waals surface area contributed by atoms with Crippen LogP contribution in [0.25, 0.3) is 0 Å². The second-order valence-electron chi connectivity index (χ2n) is 5.83. The van der Waals surface area contributed by atoms with Crippen LogP contribution in [0.5, 0.6) is 0 Å². The van der Waals surface area contributed by atoms with Gasteiger partial charge in [0.2, 0.25) is 0 Å². The van der Waals surface area contributed by atoms with E-state index in [9.17, 15) is 0 Å². The molecule has 21 heavy (non-hydrogen) atoms. The number of hydrogen-bond acceptors (Lipinski definition) is 2. The molecule has 0 bridgehead atoms. The van der Waals surface area contributed by atoms with Gasteiger partial charge in [0.25, 0.3) is 0 Å². The lowest BCUT2D eigenvalue weighted by molar-refractivity contribution is -0.0380. The Morgan fingerprint density at radius 1 is 1.05 bits per heavy atom. The van der Waals surface area contributed by atoms with E-state index in [0.717, 1.165) is 29.3 Å². The number of benzene rings is 2. The molecule has 108 valence electrons. The molecule has 3 atom stereocenters. The monoisotopic (exact) mass is 299 g/mol. The third-order valence-corrected chi connectivity index (χ3v) is 4.93. The number of fused-ring (bicyclic) bond motifs is 3. The van der Waals surface area contributed by atoms with Crippen molar-refractivity contribution in [3.05, 3.63) is 64.7 Å². The number of halogens is 1. The van der Waals surface area contributed by atoms with Crippen LogP contribution in [0.2, 0.25) is 5.02 Å². The average Bonchev–Trinajstić information content (AvgIpc) is 2.55. The van der Waals surface area contributed by atoms with E-state index in [0.29, 0.717) is 12.0 Å². The van der Waals surface area contributed by atoms with E-state index in [4.69, 9.17) is 16.3 Å².